The van der Waals surface area contributed by atoms with Crippen LogP contribution in [0.25, 0.3) is 22.0 Å². The molecule has 0 amide bonds. The van der Waals surface area contributed by atoms with Gasteiger partial charge < -0.3 is 10.2 Å². The van der Waals surface area contributed by atoms with Crippen molar-refractivity contribution in [1.29, 1.82) is 0 Å². The van der Waals surface area contributed by atoms with Crippen molar-refractivity contribution in [3.05, 3.63) is 65.0 Å². The monoisotopic (exact) mass is 309 g/mol. The normalized spacial score (nSPS) is 12.2. The van der Waals surface area contributed by atoms with Gasteiger partial charge in [-0.1, -0.05) is 30.3 Å². The summed E-state index contributed by atoms with van der Waals surface area (Å²) in [5, 5.41) is 19.5. The van der Waals surface area contributed by atoms with Crippen molar-refractivity contribution in [3.63, 3.8) is 0 Å². The summed E-state index contributed by atoms with van der Waals surface area (Å²) in [5.41, 5.74) is 1.69. The number of rotatable bonds is 3. The van der Waals surface area contributed by atoms with E-state index in [1.807, 2.05) is 12.1 Å². The zero-order valence-corrected chi connectivity index (χ0v) is 12.4. The van der Waals surface area contributed by atoms with Crippen molar-refractivity contribution >= 4 is 16.9 Å². The van der Waals surface area contributed by atoms with Crippen LogP contribution in [0, 0.1) is 0 Å². The van der Waals surface area contributed by atoms with E-state index in [1.165, 1.54) is 17.6 Å². The van der Waals surface area contributed by atoms with Crippen LogP contribution in [-0.2, 0) is 4.79 Å². The number of carboxylic acid groups (broad SMARTS) is 1. The summed E-state index contributed by atoms with van der Waals surface area (Å²) in [4.78, 5) is 23.8. The van der Waals surface area contributed by atoms with Gasteiger partial charge in [-0.25, -0.2) is 4.79 Å². The standard InChI is InChI=1S/C18H15NO4/c1-11(18(22)23)19-16-5-3-2-4-14(16)15(10-17(19)21)12-6-8-13(20)9-7-12/h2-11,20H,1H3,(H,22,23). The van der Waals surface area contributed by atoms with Crippen molar-refractivity contribution in [2.45, 2.75) is 13.0 Å². The van der Waals surface area contributed by atoms with Crippen molar-refractivity contribution in [2.75, 3.05) is 0 Å². The first-order valence-electron chi connectivity index (χ1n) is 7.15. The number of phenols is 1. The molecule has 5 heteroatoms. The quantitative estimate of drug-likeness (QED) is 0.779. The highest BCUT2D eigenvalue weighted by Gasteiger charge is 2.19. The van der Waals surface area contributed by atoms with E-state index in [2.05, 4.69) is 0 Å². The lowest BCUT2D eigenvalue weighted by molar-refractivity contribution is -0.140. The number of pyridine rings is 1. The zero-order chi connectivity index (χ0) is 16.6. The molecule has 1 aromatic heterocycles. The highest BCUT2D eigenvalue weighted by Crippen LogP contribution is 2.29. The predicted octanol–water partition coefficient (Wildman–Crippen LogP) is 3.02. The van der Waals surface area contributed by atoms with Gasteiger partial charge >= 0.3 is 5.97 Å². The molecule has 2 N–H and O–H groups in total. The second-order valence-electron chi connectivity index (χ2n) is 5.34. The van der Waals surface area contributed by atoms with Crippen LogP contribution < -0.4 is 5.56 Å². The fourth-order valence-electron chi connectivity index (χ4n) is 2.69. The molecule has 1 heterocycles. The first-order valence-corrected chi connectivity index (χ1v) is 7.15. The molecule has 5 nitrogen and oxygen atoms in total. The summed E-state index contributed by atoms with van der Waals surface area (Å²) < 4.78 is 1.28. The second-order valence-corrected chi connectivity index (χ2v) is 5.34. The first-order chi connectivity index (χ1) is 11.0. The molecule has 0 fully saturated rings. The Morgan fingerprint density at radius 3 is 2.39 bits per heavy atom. The van der Waals surface area contributed by atoms with Crippen LogP contribution in [0.4, 0.5) is 0 Å². The van der Waals surface area contributed by atoms with E-state index in [0.29, 0.717) is 11.1 Å². The Morgan fingerprint density at radius 1 is 1.09 bits per heavy atom. The number of para-hydroxylation sites is 1. The Hall–Kier alpha value is -3.08. The maximum absolute atomic E-state index is 12.5. The molecule has 3 rings (SSSR count). The van der Waals surface area contributed by atoms with Gasteiger partial charge in [0.1, 0.15) is 11.8 Å². The van der Waals surface area contributed by atoms with E-state index in [-0.39, 0.29) is 11.3 Å². The highest BCUT2D eigenvalue weighted by molar-refractivity contribution is 5.95. The third kappa shape index (κ3) is 2.57. The Morgan fingerprint density at radius 2 is 1.74 bits per heavy atom. The van der Waals surface area contributed by atoms with E-state index < -0.39 is 12.0 Å². The maximum Gasteiger partial charge on any atom is 0.326 e. The average Bonchev–Trinajstić information content (AvgIpc) is 2.54. The SMILES string of the molecule is CC(C(=O)O)n1c(=O)cc(-c2ccc(O)cc2)c2ccccc21. The summed E-state index contributed by atoms with van der Waals surface area (Å²) in [5.74, 6) is -0.916. The van der Waals surface area contributed by atoms with Gasteiger partial charge in [-0.15, -0.1) is 0 Å². The molecule has 0 aliphatic carbocycles. The van der Waals surface area contributed by atoms with Gasteiger partial charge in [0.05, 0.1) is 5.52 Å². The van der Waals surface area contributed by atoms with Gasteiger partial charge in [0.25, 0.3) is 5.56 Å². The largest absolute Gasteiger partial charge is 0.508 e. The molecule has 0 aliphatic rings. The topological polar surface area (TPSA) is 79.5 Å². The predicted molar refractivity (Wildman–Crippen MR) is 87.7 cm³/mol. The van der Waals surface area contributed by atoms with Crippen molar-refractivity contribution < 1.29 is 15.0 Å². The van der Waals surface area contributed by atoms with Crippen LogP contribution in [0.2, 0.25) is 0 Å². The Bertz CT molecular complexity index is 941. The minimum absolute atomic E-state index is 0.144. The summed E-state index contributed by atoms with van der Waals surface area (Å²) in [7, 11) is 0. The van der Waals surface area contributed by atoms with E-state index in [4.69, 9.17) is 0 Å². The van der Waals surface area contributed by atoms with E-state index in [0.717, 1.165) is 10.9 Å². The minimum Gasteiger partial charge on any atom is -0.508 e. The number of benzene rings is 2. The molecule has 0 spiro atoms. The lowest BCUT2D eigenvalue weighted by Crippen LogP contribution is -2.28. The zero-order valence-electron chi connectivity index (χ0n) is 12.4. The fourth-order valence-corrected chi connectivity index (χ4v) is 2.69. The van der Waals surface area contributed by atoms with Crippen LogP contribution in [0.3, 0.4) is 0 Å². The van der Waals surface area contributed by atoms with E-state index in [1.54, 1.807) is 36.4 Å². The molecule has 2 aromatic carbocycles. The number of hydrogen-bond acceptors (Lipinski definition) is 3. The smallest absolute Gasteiger partial charge is 0.326 e. The third-order valence-electron chi connectivity index (χ3n) is 3.88. The number of nitrogens with zero attached hydrogens (tertiary/aromatic N) is 1. The summed E-state index contributed by atoms with van der Waals surface area (Å²) in [6.45, 7) is 1.48. The van der Waals surface area contributed by atoms with Crippen LogP contribution in [-0.4, -0.2) is 20.7 Å². The Kier molecular flexibility index (Phi) is 3.62. The molecule has 1 unspecified atom stereocenters. The van der Waals surface area contributed by atoms with E-state index in [9.17, 15) is 19.8 Å². The van der Waals surface area contributed by atoms with E-state index >= 15 is 0 Å². The van der Waals surface area contributed by atoms with Gasteiger partial charge in [0.2, 0.25) is 0 Å². The molecular weight excluding hydrogens is 294 g/mol. The van der Waals surface area contributed by atoms with Gasteiger partial charge in [-0.2, -0.15) is 0 Å². The van der Waals surface area contributed by atoms with Gasteiger partial charge in [-0.3, -0.25) is 9.36 Å². The number of aliphatic carboxylic acids is 1. The molecule has 3 aromatic rings. The molecular formula is C18H15NO4. The molecule has 116 valence electrons. The molecule has 0 radical (unpaired) electrons. The van der Waals surface area contributed by atoms with Crippen molar-refractivity contribution in [2.24, 2.45) is 0 Å². The lowest BCUT2D eigenvalue weighted by atomic mass is 10.0. The summed E-state index contributed by atoms with van der Waals surface area (Å²) in [6.07, 6.45) is 0. The Balaban J connectivity index is 2.35. The summed E-state index contributed by atoms with van der Waals surface area (Å²) in [6, 6.07) is 14.2. The molecule has 23 heavy (non-hydrogen) atoms. The maximum atomic E-state index is 12.5. The number of hydrogen-bond donors (Lipinski definition) is 2. The molecule has 0 saturated heterocycles. The number of aromatic hydroxyl groups is 1. The molecule has 0 aliphatic heterocycles. The van der Waals surface area contributed by atoms with Gasteiger partial charge in [-0.05, 0) is 36.2 Å². The van der Waals surface area contributed by atoms with Crippen LogP contribution in [0.15, 0.2) is 59.4 Å². The van der Waals surface area contributed by atoms with Gasteiger partial charge in [0, 0.05) is 11.5 Å². The second kappa shape index (κ2) is 5.61. The molecule has 0 saturated carbocycles. The third-order valence-corrected chi connectivity index (χ3v) is 3.88. The number of phenolic OH excluding ortho intramolecular Hbond substituents is 1. The van der Waals surface area contributed by atoms with Gasteiger partial charge in [0.15, 0.2) is 0 Å². The molecule has 1 atom stereocenters. The molecule has 0 bridgehead atoms. The first kappa shape index (κ1) is 14.8. The number of aromatic nitrogens is 1. The van der Waals surface area contributed by atoms with Crippen LogP contribution >= 0.6 is 0 Å². The number of carboxylic acids is 1. The summed E-state index contributed by atoms with van der Waals surface area (Å²) >= 11 is 0. The number of fused-ring (bicyclic) bond motifs is 1. The lowest BCUT2D eigenvalue weighted by Gasteiger charge is -2.16. The highest BCUT2D eigenvalue weighted by atomic mass is 16.4. The van der Waals surface area contributed by atoms with Crippen molar-refractivity contribution in [1.82, 2.24) is 4.57 Å². The van der Waals surface area contributed by atoms with Crippen molar-refractivity contribution in [3.8, 4) is 16.9 Å². The van der Waals surface area contributed by atoms with Crippen LogP contribution in [0.5, 0.6) is 5.75 Å². The fraction of sp³-hybridized carbons (Fsp3) is 0.111. The van der Waals surface area contributed by atoms with Crippen LogP contribution in [0.1, 0.15) is 13.0 Å². The Labute approximate surface area is 132 Å². The minimum atomic E-state index is -1.06. The average molecular weight is 309 g/mol. The number of carbonyl (C=O) groups is 1.